The Labute approximate surface area is 94.0 Å². The molecule has 0 bridgehead atoms. The molecule has 0 radical (unpaired) electrons. The van der Waals surface area contributed by atoms with Crippen LogP contribution in [-0.2, 0) is 0 Å². The zero-order valence-corrected chi connectivity index (χ0v) is 9.35. The van der Waals surface area contributed by atoms with E-state index in [9.17, 15) is 18.3 Å². The normalized spacial score (nSPS) is 28.1. The summed E-state index contributed by atoms with van der Waals surface area (Å²) < 4.78 is 37.2. The topological polar surface area (TPSA) is 20.2 Å². The molecule has 0 aromatic rings. The second-order valence-corrected chi connectivity index (χ2v) is 4.35. The third kappa shape index (κ3) is 3.71. The summed E-state index contributed by atoms with van der Waals surface area (Å²) in [6.07, 6.45) is -3.07. The van der Waals surface area contributed by atoms with E-state index < -0.39 is 18.2 Å². The summed E-state index contributed by atoms with van der Waals surface area (Å²) in [5.41, 5.74) is 0. The summed E-state index contributed by atoms with van der Waals surface area (Å²) >= 11 is 0. The number of hydrogen-bond donors (Lipinski definition) is 1. The largest absolute Gasteiger partial charge is 0.392 e. The summed E-state index contributed by atoms with van der Waals surface area (Å²) in [6, 6.07) is 0. The van der Waals surface area contributed by atoms with Gasteiger partial charge in [0.2, 0.25) is 0 Å². The molecule has 0 saturated heterocycles. The van der Waals surface area contributed by atoms with Crippen molar-refractivity contribution in [3.05, 3.63) is 0 Å². The smallest absolute Gasteiger partial charge is 0.391 e. The zero-order valence-electron chi connectivity index (χ0n) is 9.35. The van der Waals surface area contributed by atoms with Gasteiger partial charge in [0.25, 0.3) is 0 Å². The van der Waals surface area contributed by atoms with Crippen molar-refractivity contribution in [2.45, 2.75) is 51.3 Å². The first-order valence-electron chi connectivity index (χ1n) is 5.59. The van der Waals surface area contributed by atoms with E-state index in [1.54, 1.807) is 6.92 Å². The van der Waals surface area contributed by atoms with Gasteiger partial charge in [0.05, 0.1) is 12.0 Å². The van der Waals surface area contributed by atoms with Crippen molar-refractivity contribution in [3.8, 4) is 11.8 Å². The molecule has 1 rings (SSSR count). The Balaban J connectivity index is 2.39. The molecule has 1 aliphatic rings. The Morgan fingerprint density at radius 1 is 1.25 bits per heavy atom. The molecule has 0 aliphatic heterocycles. The Morgan fingerprint density at radius 3 is 2.25 bits per heavy atom. The Kier molecular flexibility index (Phi) is 4.67. The predicted molar refractivity (Wildman–Crippen MR) is 55.6 cm³/mol. The van der Waals surface area contributed by atoms with Crippen molar-refractivity contribution < 1.29 is 18.3 Å². The van der Waals surface area contributed by atoms with Gasteiger partial charge in [0, 0.05) is 6.42 Å². The molecule has 92 valence electrons. The first-order valence-corrected chi connectivity index (χ1v) is 5.59. The SMILES string of the molecule is CC#CCC(O)C1CCC(C(F)(F)F)CC1. The lowest BCUT2D eigenvalue weighted by Gasteiger charge is -2.31. The molecule has 1 aliphatic carbocycles. The third-order valence-electron chi connectivity index (χ3n) is 3.27. The highest BCUT2D eigenvalue weighted by atomic mass is 19.4. The molecule has 0 heterocycles. The second kappa shape index (κ2) is 5.58. The van der Waals surface area contributed by atoms with Gasteiger partial charge in [0.1, 0.15) is 0 Å². The molecule has 1 saturated carbocycles. The maximum Gasteiger partial charge on any atom is 0.391 e. The van der Waals surface area contributed by atoms with Crippen LogP contribution in [0.3, 0.4) is 0 Å². The molecular formula is C12H17F3O. The number of alkyl halides is 3. The van der Waals surface area contributed by atoms with E-state index in [1.807, 2.05) is 0 Å². The highest BCUT2D eigenvalue weighted by Gasteiger charge is 2.42. The number of hydrogen-bond acceptors (Lipinski definition) is 1. The minimum absolute atomic E-state index is 0.0144. The van der Waals surface area contributed by atoms with Crippen molar-refractivity contribution in [1.29, 1.82) is 0 Å². The van der Waals surface area contributed by atoms with Crippen LogP contribution in [0.2, 0.25) is 0 Å². The van der Waals surface area contributed by atoms with Gasteiger partial charge in [-0.2, -0.15) is 13.2 Å². The maximum atomic E-state index is 12.4. The minimum atomic E-state index is -4.07. The van der Waals surface area contributed by atoms with Crippen LogP contribution < -0.4 is 0 Å². The fourth-order valence-corrected chi connectivity index (χ4v) is 2.20. The lowest BCUT2D eigenvalue weighted by molar-refractivity contribution is -0.185. The van der Waals surface area contributed by atoms with Gasteiger partial charge in [-0.3, -0.25) is 0 Å². The molecule has 4 heteroatoms. The van der Waals surface area contributed by atoms with E-state index in [0.29, 0.717) is 19.3 Å². The molecule has 0 aromatic carbocycles. The standard InChI is InChI=1S/C12H17F3O/c1-2-3-4-11(16)9-5-7-10(8-6-9)12(13,14)15/h9-11,16H,4-8H2,1H3. The van der Waals surface area contributed by atoms with Crippen LogP contribution >= 0.6 is 0 Å². The summed E-state index contributed by atoms with van der Waals surface area (Å²) in [4.78, 5) is 0. The first-order chi connectivity index (χ1) is 7.45. The molecule has 1 N–H and O–H groups in total. The molecule has 1 nitrogen and oxygen atoms in total. The summed E-state index contributed by atoms with van der Waals surface area (Å²) in [5.74, 6) is 4.26. The first kappa shape index (κ1) is 13.4. The van der Waals surface area contributed by atoms with Crippen LogP contribution in [-0.4, -0.2) is 17.4 Å². The highest BCUT2D eigenvalue weighted by molar-refractivity contribution is 4.98. The van der Waals surface area contributed by atoms with Crippen LogP contribution in [0.5, 0.6) is 0 Å². The van der Waals surface area contributed by atoms with E-state index >= 15 is 0 Å². The molecule has 16 heavy (non-hydrogen) atoms. The van der Waals surface area contributed by atoms with Gasteiger partial charge < -0.3 is 5.11 Å². The molecule has 0 spiro atoms. The van der Waals surface area contributed by atoms with Gasteiger partial charge in [-0.25, -0.2) is 0 Å². The van der Waals surface area contributed by atoms with Gasteiger partial charge in [-0.05, 0) is 38.5 Å². The Bertz CT molecular complexity index is 266. The van der Waals surface area contributed by atoms with E-state index in [0.717, 1.165) is 0 Å². The van der Waals surface area contributed by atoms with Gasteiger partial charge in [-0.15, -0.1) is 11.8 Å². The van der Waals surface area contributed by atoms with Crippen LogP contribution in [0.25, 0.3) is 0 Å². The predicted octanol–water partition coefficient (Wildman–Crippen LogP) is 3.13. The van der Waals surface area contributed by atoms with Crippen molar-refractivity contribution in [2.24, 2.45) is 11.8 Å². The van der Waals surface area contributed by atoms with Crippen LogP contribution in [0, 0.1) is 23.7 Å². The van der Waals surface area contributed by atoms with Crippen molar-refractivity contribution >= 4 is 0 Å². The number of rotatable bonds is 2. The van der Waals surface area contributed by atoms with Crippen molar-refractivity contribution in [1.82, 2.24) is 0 Å². The lowest BCUT2D eigenvalue weighted by Crippen LogP contribution is -2.31. The summed E-state index contributed by atoms with van der Waals surface area (Å²) in [5, 5.41) is 9.71. The monoisotopic (exact) mass is 234 g/mol. The lowest BCUT2D eigenvalue weighted by atomic mass is 9.78. The van der Waals surface area contributed by atoms with Gasteiger partial charge in [-0.1, -0.05) is 0 Å². The van der Waals surface area contributed by atoms with E-state index in [4.69, 9.17) is 0 Å². The molecular weight excluding hydrogens is 217 g/mol. The zero-order chi connectivity index (χ0) is 12.2. The van der Waals surface area contributed by atoms with Crippen molar-refractivity contribution in [2.75, 3.05) is 0 Å². The average molecular weight is 234 g/mol. The Hall–Kier alpha value is -0.690. The number of aliphatic hydroxyl groups excluding tert-OH is 1. The second-order valence-electron chi connectivity index (χ2n) is 4.35. The summed E-state index contributed by atoms with van der Waals surface area (Å²) in [7, 11) is 0. The molecule has 1 fully saturated rings. The number of aliphatic hydroxyl groups is 1. The van der Waals surface area contributed by atoms with Crippen LogP contribution in [0.15, 0.2) is 0 Å². The van der Waals surface area contributed by atoms with E-state index in [-0.39, 0.29) is 18.8 Å². The fraction of sp³-hybridized carbons (Fsp3) is 0.833. The maximum absolute atomic E-state index is 12.4. The highest BCUT2D eigenvalue weighted by Crippen LogP contribution is 2.40. The fourth-order valence-electron chi connectivity index (χ4n) is 2.20. The minimum Gasteiger partial charge on any atom is -0.392 e. The van der Waals surface area contributed by atoms with Crippen LogP contribution in [0.4, 0.5) is 13.2 Å². The molecule has 1 atom stereocenters. The van der Waals surface area contributed by atoms with Crippen LogP contribution in [0.1, 0.15) is 39.0 Å². The van der Waals surface area contributed by atoms with Gasteiger partial charge >= 0.3 is 6.18 Å². The quantitative estimate of drug-likeness (QED) is 0.728. The van der Waals surface area contributed by atoms with E-state index in [2.05, 4.69) is 11.8 Å². The van der Waals surface area contributed by atoms with Crippen molar-refractivity contribution in [3.63, 3.8) is 0 Å². The van der Waals surface area contributed by atoms with Gasteiger partial charge in [0.15, 0.2) is 0 Å². The average Bonchev–Trinajstić information content (AvgIpc) is 2.25. The molecule has 1 unspecified atom stereocenters. The Morgan fingerprint density at radius 2 is 1.81 bits per heavy atom. The third-order valence-corrected chi connectivity index (χ3v) is 3.27. The molecule has 0 aromatic heterocycles. The number of halogens is 3. The molecule has 0 amide bonds. The van der Waals surface area contributed by atoms with E-state index in [1.165, 1.54) is 0 Å². The summed E-state index contributed by atoms with van der Waals surface area (Å²) in [6.45, 7) is 1.69.